The van der Waals surface area contributed by atoms with Crippen molar-refractivity contribution in [3.8, 4) is 23.0 Å². The molecule has 3 unspecified atom stereocenters. The molecular weight excluding hydrogens is 632 g/mol. The Hall–Kier alpha value is -4.53. The summed E-state index contributed by atoms with van der Waals surface area (Å²) in [6.07, 6.45) is 3.69. The number of ether oxygens (including phenoxy) is 4. The van der Waals surface area contributed by atoms with Gasteiger partial charge in [-0.2, -0.15) is 0 Å². The number of hydrogen-bond acceptors (Lipinski definition) is 8. The zero-order valence-electron chi connectivity index (χ0n) is 30.7. The summed E-state index contributed by atoms with van der Waals surface area (Å²) in [5.41, 5.74) is 10.8. The molecule has 3 aromatic carbocycles. The highest BCUT2D eigenvalue weighted by atomic mass is 16.6. The quantitative estimate of drug-likeness (QED) is 0.0750. The van der Waals surface area contributed by atoms with Crippen molar-refractivity contribution >= 4 is 23.5 Å². The van der Waals surface area contributed by atoms with E-state index in [0.29, 0.717) is 31.0 Å². The number of carbonyl (C=O) groups is 3. The number of esters is 2. The van der Waals surface area contributed by atoms with E-state index in [1.54, 1.807) is 30.3 Å². The molecule has 1 fully saturated rings. The molecule has 1 saturated carbocycles. The number of fused-ring (bicyclic) bond motifs is 5. The highest BCUT2D eigenvalue weighted by molar-refractivity contribution is 6.01. The van der Waals surface area contributed by atoms with Crippen molar-refractivity contribution < 1.29 is 33.3 Å². The minimum absolute atomic E-state index is 0.0580. The average molecular weight is 685 g/mol. The first-order chi connectivity index (χ1) is 23.7. The Labute approximate surface area is 296 Å². The van der Waals surface area contributed by atoms with Gasteiger partial charge in [0.1, 0.15) is 17.6 Å². The molecule has 268 valence electrons. The lowest BCUT2D eigenvalue weighted by atomic mass is 9.76. The van der Waals surface area contributed by atoms with Crippen molar-refractivity contribution in [1.29, 1.82) is 0 Å². The van der Waals surface area contributed by atoms with Crippen molar-refractivity contribution in [3.63, 3.8) is 0 Å². The van der Waals surface area contributed by atoms with Crippen LogP contribution in [0.25, 0.3) is 0 Å². The molecule has 1 amide bonds. The predicted molar refractivity (Wildman–Crippen MR) is 194 cm³/mol. The van der Waals surface area contributed by atoms with E-state index in [0.717, 1.165) is 42.6 Å². The van der Waals surface area contributed by atoms with Crippen LogP contribution in [-0.4, -0.2) is 37.1 Å². The van der Waals surface area contributed by atoms with Gasteiger partial charge in [-0.1, -0.05) is 53.7 Å². The fourth-order valence-corrected chi connectivity index (χ4v) is 7.10. The molecule has 3 aromatic rings. The monoisotopic (exact) mass is 684 g/mol. The van der Waals surface area contributed by atoms with Crippen LogP contribution in [0.15, 0.2) is 48.5 Å². The van der Waals surface area contributed by atoms with Gasteiger partial charge in [-0.25, -0.2) is 0 Å². The number of rotatable bonds is 14. The second-order valence-corrected chi connectivity index (χ2v) is 14.9. The summed E-state index contributed by atoms with van der Waals surface area (Å²) in [4.78, 5) is 38.6. The third-order valence-electron chi connectivity index (χ3n) is 10.7. The molecule has 2 aliphatic rings. The fourth-order valence-electron chi connectivity index (χ4n) is 7.10. The Kier molecular flexibility index (Phi) is 10.8. The van der Waals surface area contributed by atoms with E-state index in [1.165, 1.54) is 25.0 Å². The Balaban J connectivity index is 1.41. The van der Waals surface area contributed by atoms with Crippen LogP contribution in [0.2, 0.25) is 0 Å². The molecule has 0 saturated heterocycles. The molecule has 0 aromatic heterocycles. The lowest BCUT2D eigenvalue weighted by Crippen LogP contribution is -2.28. The van der Waals surface area contributed by atoms with E-state index < -0.39 is 12.1 Å². The van der Waals surface area contributed by atoms with Crippen LogP contribution in [0.5, 0.6) is 23.0 Å². The van der Waals surface area contributed by atoms with Gasteiger partial charge in [0, 0.05) is 43.5 Å². The number of benzene rings is 3. The molecule has 5 rings (SSSR count). The standard InChI is InChI=1S/C41H52N2O7/c1-9-40(5,6)26-12-19-33(32(22-26)41(7,8)10-2)47-21-11-20-43-39(46)36-35-30-18-17-29(37(30)49-25(4)45)31(35)23-34(48-24(3)44)38(36)50-28-15-13-27(42)14-16-28/h12-16,19,22-23,29-30,37H,9-11,17-18,20-21,42H2,1-8H3,(H,43,46). The van der Waals surface area contributed by atoms with Gasteiger partial charge in [0.25, 0.3) is 5.91 Å². The maximum Gasteiger partial charge on any atom is 0.308 e. The molecule has 0 radical (unpaired) electrons. The van der Waals surface area contributed by atoms with E-state index in [2.05, 4.69) is 65.1 Å². The first-order valence-corrected chi connectivity index (χ1v) is 17.8. The molecule has 0 aliphatic heterocycles. The van der Waals surface area contributed by atoms with Crippen LogP contribution in [0, 0.1) is 0 Å². The summed E-state index contributed by atoms with van der Waals surface area (Å²) in [7, 11) is 0. The maximum absolute atomic E-state index is 14.2. The van der Waals surface area contributed by atoms with Gasteiger partial charge >= 0.3 is 11.9 Å². The Morgan fingerprint density at radius 3 is 2.18 bits per heavy atom. The van der Waals surface area contributed by atoms with E-state index in [1.807, 2.05) is 0 Å². The van der Waals surface area contributed by atoms with Gasteiger partial charge in [0.15, 0.2) is 11.5 Å². The van der Waals surface area contributed by atoms with Crippen LogP contribution in [0.3, 0.4) is 0 Å². The van der Waals surface area contributed by atoms with Gasteiger partial charge in [-0.15, -0.1) is 0 Å². The third-order valence-corrected chi connectivity index (χ3v) is 10.7. The summed E-state index contributed by atoms with van der Waals surface area (Å²) in [6.45, 7) is 16.8. The van der Waals surface area contributed by atoms with Crippen LogP contribution >= 0.6 is 0 Å². The summed E-state index contributed by atoms with van der Waals surface area (Å²) in [5.74, 6) is -0.0472. The molecule has 0 spiro atoms. The summed E-state index contributed by atoms with van der Waals surface area (Å²) >= 11 is 0. The minimum atomic E-state index is -0.549. The highest BCUT2D eigenvalue weighted by Crippen LogP contribution is 2.59. The number of nitrogens with two attached hydrogens (primary N) is 1. The fraction of sp³-hybridized carbons (Fsp3) is 0.488. The number of carbonyl (C=O) groups excluding carboxylic acids is 3. The molecule has 2 bridgehead atoms. The molecular formula is C41H52N2O7. The van der Waals surface area contributed by atoms with Crippen molar-refractivity contribution in [2.45, 2.75) is 116 Å². The SMILES string of the molecule is CCC(C)(C)c1ccc(OCCCNC(=O)c2c(Oc3ccc(N)cc3)c(OC(C)=O)cc3c2C2CCC3C2OC(C)=O)c(C(C)(C)CC)c1. The topological polar surface area (TPSA) is 126 Å². The van der Waals surface area contributed by atoms with Crippen molar-refractivity contribution in [3.05, 3.63) is 76.3 Å². The van der Waals surface area contributed by atoms with Crippen molar-refractivity contribution in [2.24, 2.45) is 0 Å². The second-order valence-electron chi connectivity index (χ2n) is 14.9. The van der Waals surface area contributed by atoms with Gasteiger partial charge in [-0.3, -0.25) is 14.4 Å². The predicted octanol–water partition coefficient (Wildman–Crippen LogP) is 8.47. The third kappa shape index (κ3) is 7.62. The van der Waals surface area contributed by atoms with Crippen LogP contribution in [0.1, 0.15) is 132 Å². The lowest BCUT2D eigenvalue weighted by Gasteiger charge is -2.30. The highest BCUT2D eigenvalue weighted by Gasteiger charge is 2.51. The van der Waals surface area contributed by atoms with E-state index >= 15 is 0 Å². The van der Waals surface area contributed by atoms with Crippen LogP contribution < -0.4 is 25.3 Å². The number of nitrogen functional groups attached to an aromatic ring is 1. The minimum Gasteiger partial charge on any atom is -0.493 e. The molecule has 9 nitrogen and oxygen atoms in total. The average Bonchev–Trinajstić information content (AvgIpc) is 3.59. The van der Waals surface area contributed by atoms with Crippen molar-refractivity contribution in [1.82, 2.24) is 5.32 Å². The summed E-state index contributed by atoms with van der Waals surface area (Å²) in [6, 6.07) is 15.1. The van der Waals surface area contributed by atoms with Gasteiger partial charge in [0.05, 0.1) is 12.2 Å². The van der Waals surface area contributed by atoms with Crippen molar-refractivity contribution in [2.75, 3.05) is 18.9 Å². The first kappa shape index (κ1) is 36.7. The molecule has 9 heteroatoms. The molecule has 0 heterocycles. The molecule has 3 N–H and O–H groups in total. The van der Waals surface area contributed by atoms with Crippen LogP contribution in [0.4, 0.5) is 5.69 Å². The zero-order valence-corrected chi connectivity index (χ0v) is 30.7. The smallest absolute Gasteiger partial charge is 0.308 e. The molecule has 3 atom stereocenters. The van der Waals surface area contributed by atoms with Gasteiger partial charge in [-0.05, 0) is 96.0 Å². The number of hydrogen-bond donors (Lipinski definition) is 2. The zero-order chi connectivity index (χ0) is 36.4. The summed E-state index contributed by atoms with van der Waals surface area (Å²) in [5, 5.41) is 3.07. The Morgan fingerprint density at radius 2 is 1.54 bits per heavy atom. The Morgan fingerprint density at radius 1 is 0.860 bits per heavy atom. The number of amides is 1. The summed E-state index contributed by atoms with van der Waals surface area (Å²) < 4.78 is 24.1. The number of anilines is 1. The maximum atomic E-state index is 14.2. The number of nitrogens with one attached hydrogen (secondary N) is 1. The molecule has 50 heavy (non-hydrogen) atoms. The lowest BCUT2D eigenvalue weighted by molar-refractivity contribution is -0.147. The van der Waals surface area contributed by atoms with E-state index in [9.17, 15) is 14.4 Å². The van der Waals surface area contributed by atoms with E-state index in [-0.39, 0.29) is 51.6 Å². The van der Waals surface area contributed by atoms with E-state index in [4.69, 9.17) is 24.7 Å². The van der Waals surface area contributed by atoms with Gasteiger partial charge < -0.3 is 30.0 Å². The van der Waals surface area contributed by atoms with Gasteiger partial charge in [0.2, 0.25) is 0 Å². The second kappa shape index (κ2) is 14.8. The molecule has 2 aliphatic carbocycles. The Bertz CT molecular complexity index is 1740. The largest absolute Gasteiger partial charge is 0.493 e. The van der Waals surface area contributed by atoms with Crippen LogP contribution in [-0.2, 0) is 25.2 Å². The normalized spacial score (nSPS) is 18.0. The first-order valence-electron chi connectivity index (χ1n) is 17.8.